The third-order valence-corrected chi connectivity index (χ3v) is 3.27. The van der Waals surface area contributed by atoms with Gasteiger partial charge in [-0.25, -0.2) is 4.98 Å². The van der Waals surface area contributed by atoms with Gasteiger partial charge in [0.2, 0.25) is 5.91 Å². The fourth-order valence-corrected chi connectivity index (χ4v) is 2.03. The number of benzene rings is 1. The maximum atomic E-state index is 12.1. The van der Waals surface area contributed by atoms with Gasteiger partial charge < -0.3 is 19.9 Å². The van der Waals surface area contributed by atoms with E-state index in [1.807, 2.05) is 49.0 Å². The Kier molecular flexibility index (Phi) is 5.97. The fraction of sp³-hybridized carbons (Fsp3) is 0.375. The van der Waals surface area contributed by atoms with E-state index >= 15 is 0 Å². The van der Waals surface area contributed by atoms with E-state index in [0.717, 1.165) is 0 Å². The van der Waals surface area contributed by atoms with Crippen molar-refractivity contribution in [3.63, 3.8) is 0 Å². The molecule has 0 aliphatic heterocycles. The second kappa shape index (κ2) is 8.19. The SMILES string of the molecule is CNCC(C)C(=O)Nc1ccccc1OCCn1ccnc1. The van der Waals surface area contributed by atoms with Crippen LogP contribution in [0.25, 0.3) is 0 Å². The van der Waals surface area contributed by atoms with Crippen LogP contribution < -0.4 is 15.4 Å². The van der Waals surface area contributed by atoms with Crippen molar-refractivity contribution in [1.29, 1.82) is 0 Å². The monoisotopic (exact) mass is 302 g/mol. The molecule has 118 valence electrons. The van der Waals surface area contributed by atoms with Gasteiger partial charge in [0.15, 0.2) is 0 Å². The molecule has 6 nitrogen and oxygen atoms in total. The van der Waals surface area contributed by atoms with E-state index in [1.165, 1.54) is 0 Å². The average molecular weight is 302 g/mol. The van der Waals surface area contributed by atoms with Crippen molar-refractivity contribution >= 4 is 11.6 Å². The topological polar surface area (TPSA) is 68.2 Å². The molecule has 1 amide bonds. The van der Waals surface area contributed by atoms with E-state index in [1.54, 1.807) is 12.5 Å². The smallest absolute Gasteiger partial charge is 0.228 e. The highest BCUT2D eigenvalue weighted by molar-refractivity contribution is 5.93. The molecule has 2 aromatic rings. The fourth-order valence-electron chi connectivity index (χ4n) is 2.03. The maximum Gasteiger partial charge on any atom is 0.228 e. The Hall–Kier alpha value is -2.34. The number of rotatable bonds is 8. The summed E-state index contributed by atoms with van der Waals surface area (Å²) in [6.07, 6.45) is 5.37. The van der Waals surface area contributed by atoms with Gasteiger partial charge in [-0.1, -0.05) is 19.1 Å². The lowest BCUT2D eigenvalue weighted by Gasteiger charge is -2.15. The number of para-hydroxylation sites is 2. The molecule has 0 fully saturated rings. The highest BCUT2D eigenvalue weighted by atomic mass is 16.5. The van der Waals surface area contributed by atoms with Gasteiger partial charge in [-0.2, -0.15) is 0 Å². The van der Waals surface area contributed by atoms with E-state index in [9.17, 15) is 4.79 Å². The van der Waals surface area contributed by atoms with Crippen LogP contribution in [0.1, 0.15) is 6.92 Å². The van der Waals surface area contributed by atoms with Crippen LogP contribution in [0.5, 0.6) is 5.75 Å². The summed E-state index contributed by atoms with van der Waals surface area (Å²) in [6.45, 7) is 3.73. The summed E-state index contributed by atoms with van der Waals surface area (Å²) in [5.41, 5.74) is 0.695. The minimum Gasteiger partial charge on any atom is -0.490 e. The molecule has 1 unspecified atom stereocenters. The zero-order valence-corrected chi connectivity index (χ0v) is 13.0. The van der Waals surface area contributed by atoms with E-state index in [4.69, 9.17) is 4.74 Å². The molecule has 22 heavy (non-hydrogen) atoms. The summed E-state index contributed by atoms with van der Waals surface area (Å²) in [4.78, 5) is 16.1. The lowest BCUT2D eigenvalue weighted by Crippen LogP contribution is -2.28. The highest BCUT2D eigenvalue weighted by Crippen LogP contribution is 2.24. The second-order valence-corrected chi connectivity index (χ2v) is 5.09. The van der Waals surface area contributed by atoms with Crippen LogP contribution in [0.2, 0.25) is 0 Å². The Balaban J connectivity index is 1.93. The Morgan fingerprint density at radius 1 is 1.41 bits per heavy atom. The number of anilines is 1. The number of hydrogen-bond donors (Lipinski definition) is 2. The van der Waals surface area contributed by atoms with Crippen LogP contribution in [0.3, 0.4) is 0 Å². The second-order valence-electron chi connectivity index (χ2n) is 5.09. The van der Waals surface area contributed by atoms with Crippen molar-refractivity contribution in [3.05, 3.63) is 43.0 Å². The number of aromatic nitrogens is 2. The minimum atomic E-state index is -0.107. The molecule has 1 atom stereocenters. The molecule has 2 rings (SSSR count). The number of hydrogen-bond acceptors (Lipinski definition) is 4. The van der Waals surface area contributed by atoms with E-state index in [2.05, 4.69) is 15.6 Å². The molecule has 0 radical (unpaired) electrons. The predicted molar refractivity (Wildman–Crippen MR) is 85.9 cm³/mol. The van der Waals surface area contributed by atoms with Crippen LogP contribution >= 0.6 is 0 Å². The number of amides is 1. The summed E-state index contributed by atoms with van der Waals surface area (Å²) in [5, 5.41) is 5.91. The summed E-state index contributed by atoms with van der Waals surface area (Å²) in [7, 11) is 1.83. The van der Waals surface area contributed by atoms with Gasteiger partial charge in [0.1, 0.15) is 12.4 Å². The molecule has 1 heterocycles. The predicted octanol–water partition coefficient (Wildman–Crippen LogP) is 1.76. The van der Waals surface area contributed by atoms with Gasteiger partial charge in [0, 0.05) is 24.9 Å². The third kappa shape index (κ3) is 4.60. The van der Waals surface area contributed by atoms with Crippen LogP contribution in [-0.2, 0) is 11.3 Å². The standard InChI is InChI=1S/C16H22N4O2/c1-13(11-17-2)16(21)19-14-5-3-4-6-15(14)22-10-9-20-8-7-18-12-20/h3-8,12-13,17H,9-11H2,1-2H3,(H,19,21). The summed E-state index contributed by atoms with van der Waals surface area (Å²) in [6, 6.07) is 7.46. The summed E-state index contributed by atoms with van der Waals surface area (Å²) in [5.74, 6) is 0.539. The van der Waals surface area contributed by atoms with Gasteiger partial charge in [-0.15, -0.1) is 0 Å². The van der Waals surface area contributed by atoms with Crippen molar-refractivity contribution < 1.29 is 9.53 Å². The number of ether oxygens (including phenoxy) is 1. The van der Waals surface area contributed by atoms with Gasteiger partial charge in [-0.3, -0.25) is 4.79 Å². The largest absolute Gasteiger partial charge is 0.490 e. The molecule has 1 aromatic heterocycles. The van der Waals surface area contributed by atoms with Crippen molar-refractivity contribution in [2.24, 2.45) is 5.92 Å². The van der Waals surface area contributed by atoms with Crippen molar-refractivity contribution in [3.8, 4) is 5.75 Å². The average Bonchev–Trinajstić information content (AvgIpc) is 3.02. The Bertz CT molecular complexity index is 584. The molecule has 0 spiro atoms. The molecule has 6 heteroatoms. The molecule has 1 aromatic carbocycles. The quantitative estimate of drug-likeness (QED) is 0.779. The summed E-state index contributed by atoms with van der Waals surface area (Å²) < 4.78 is 7.71. The number of carbonyl (C=O) groups excluding carboxylic acids is 1. The first-order valence-corrected chi connectivity index (χ1v) is 7.33. The van der Waals surface area contributed by atoms with E-state index in [-0.39, 0.29) is 11.8 Å². The van der Waals surface area contributed by atoms with Gasteiger partial charge in [0.25, 0.3) is 0 Å². The molecule has 0 saturated heterocycles. The lowest BCUT2D eigenvalue weighted by atomic mass is 10.1. The molecule has 0 aliphatic carbocycles. The highest BCUT2D eigenvalue weighted by Gasteiger charge is 2.14. The van der Waals surface area contributed by atoms with Crippen molar-refractivity contribution in [2.45, 2.75) is 13.5 Å². The number of imidazole rings is 1. The van der Waals surface area contributed by atoms with Gasteiger partial charge in [0.05, 0.1) is 18.6 Å². The first kappa shape index (κ1) is 16.0. The number of carbonyl (C=O) groups is 1. The first-order valence-electron chi connectivity index (χ1n) is 7.33. The zero-order valence-electron chi connectivity index (χ0n) is 13.0. The normalized spacial score (nSPS) is 11.9. The molecule has 2 N–H and O–H groups in total. The molecular weight excluding hydrogens is 280 g/mol. The van der Waals surface area contributed by atoms with Crippen LogP contribution in [-0.4, -0.2) is 35.7 Å². The van der Waals surface area contributed by atoms with Crippen LogP contribution in [0, 0.1) is 5.92 Å². The van der Waals surface area contributed by atoms with Crippen LogP contribution in [0.4, 0.5) is 5.69 Å². The van der Waals surface area contributed by atoms with E-state index in [0.29, 0.717) is 31.1 Å². The number of nitrogens with one attached hydrogen (secondary N) is 2. The van der Waals surface area contributed by atoms with E-state index < -0.39 is 0 Å². The summed E-state index contributed by atoms with van der Waals surface area (Å²) >= 11 is 0. The van der Waals surface area contributed by atoms with Crippen molar-refractivity contribution in [2.75, 3.05) is 25.5 Å². The lowest BCUT2D eigenvalue weighted by molar-refractivity contribution is -0.119. The molecule has 0 bridgehead atoms. The Labute approximate surface area is 130 Å². The minimum absolute atomic E-state index is 0.0278. The van der Waals surface area contributed by atoms with Crippen molar-refractivity contribution in [1.82, 2.24) is 14.9 Å². The molecule has 0 aliphatic rings. The first-order chi connectivity index (χ1) is 10.7. The molecular formula is C16H22N4O2. The zero-order chi connectivity index (χ0) is 15.8. The number of nitrogens with zero attached hydrogens (tertiary/aromatic N) is 2. The Morgan fingerprint density at radius 2 is 2.23 bits per heavy atom. The van der Waals surface area contributed by atoms with Gasteiger partial charge >= 0.3 is 0 Å². The third-order valence-electron chi connectivity index (χ3n) is 3.27. The van der Waals surface area contributed by atoms with Crippen LogP contribution in [0.15, 0.2) is 43.0 Å². The maximum absolute atomic E-state index is 12.1. The molecule has 0 saturated carbocycles. The van der Waals surface area contributed by atoms with Gasteiger partial charge in [-0.05, 0) is 19.2 Å². The Morgan fingerprint density at radius 3 is 2.95 bits per heavy atom.